The van der Waals surface area contributed by atoms with E-state index in [-0.39, 0.29) is 12.1 Å². The van der Waals surface area contributed by atoms with E-state index in [0.29, 0.717) is 19.6 Å². The summed E-state index contributed by atoms with van der Waals surface area (Å²) >= 11 is 0. The molecule has 0 heterocycles. The van der Waals surface area contributed by atoms with Gasteiger partial charge in [-0.15, -0.1) is 0 Å². The first kappa shape index (κ1) is 20.1. The SMILES string of the molecule is CCC(=O)O[C@H](/C=C/[Si](C)(C)c1ccccc1)COCc1ccccc1. The van der Waals surface area contributed by atoms with Crippen molar-refractivity contribution in [3.63, 3.8) is 0 Å². The van der Waals surface area contributed by atoms with E-state index in [1.165, 1.54) is 5.19 Å². The molecule has 3 nitrogen and oxygen atoms in total. The lowest BCUT2D eigenvalue weighted by Gasteiger charge is -2.20. The number of rotatable bonds is 9. The lowest BCUT2D eigenvalue weighted by Crippen LogP contribution is -2.39. The van der Waals surface area contributed by atoms with Gasteiger partial charge in [0, 0.05) is 6.42 Å². The molecule has 0 aliphatic carbocycles. The molecule has 0 bridgehead atoms. The van der Waals surface area contributed by atoms with Crippen molar-refractivity contribution in [2.75, 3.05) is 6.61 Å². The smallest absolute Gasteiger partial charge is 0.306 e. The van der Waals surface area contributed by atoms with Gasteiger partial charge in [-0.1, -0.05) is 91.6 Å². The molecule has 138 valence electrons. The fourth-order valence-corrected chi connectivity index (χ4v) is 4.50. The summed E-state index contributed by atoms with van der Waals surface area (Å²) in [6, 6.07) is 20.5. The van der Waals surface area contributed by atoms with Gasteiger partial charge in [-0.2, -0.15) is 0 Å². The van der Waals surface area contributed by atoms with Crippen LogP contribution in [0, 0.1) is 0 Å². The van der Waals surface area contributed by atoms with E-state index in [2.05, 4.69) is 43.1 Å². The van der Waals surface area contributed by atoms with Gasteiger partial charge in [0.25, 0.3) is 0 Å². The minimum Gasteiger partial charge on any atom is -0.456 e. The van der Waals surface area contributed by atoms with Gasteiger partial charge in [0.1, 0.15) is 14.2 Å². The predicted octanol–water partition coefficient (Wildman–Crippen LogP) is 4.24. The van der Waals surface area contributed by atoms with Crippen molar-refractivity contribution in [1.82, 2.24) is 0 Å². The van der Waals surface area contributed by atoms with E-state index in [1.807, 2.05) is 42.5 Å². The standard InChI is InChI=1S/C22H28O3Si/c1-4-22(23)25-20(18-24-17-19-11-7-5-8-12-19)15-16-26(2,3)21-13-9-6-10-14-21/h5-16,20H,4,17-18H2,1-3H3/b16-15+/t20-/m1/s1. The molecule has 0 saturated carbocycles. The lowest BCUT2D eigenvalue weighted by molar-refractivity contribution is -0.149. The minimum atomic E-state index is -1.73. The van der Waals surface area contributed by atoms with E-state index < -0.39 is 8.07 Å². The predicted molar refractivity (Wildman–Crippen MR) is 109 cm³/mol. The second-order valence-electron chi connectivity index (χ2n) is 6.83. The average Bonchev–Trinajstić information content (AvgIpc) is 2.67. The Hall–Kier alpha value is -2.17. The van der Waals surface area contributed by atoms with E-state index in [0.717, 1.165) is 5.56 Å². The summed E-state index contributed by atoms with van der Waals surface area (Å²) in [6.45, 7) is 7.23. The van der Waals surface area contributed by atoms with Crippen molar-refractivity contribution < 1.29 is 14.3 Å². The molecule has 2 aromatic carbocycles. The Morgan fingerprint density at radius 2 is 1.65 bits per heavy atom. The Labute approximate surface area is 157 Å². The topological polar surface area (TPSA) is 35.5 Å². The first-order valence-corrected chi connectivity index (χ1v) is 12.1. The molecular formula is C22H28O3Si. The minimum absolute atomic E-state index is 0.206. The summed E-state index contributed by atoms with van der Waals surface area (Å²) in [4.78, 5) is 11.7. The van der Waals surface area contributed by atoms with Crippen molar-refractivity contribution in [2.24, 2.45) is 0 Å². The van der Waals surface area contributed by atoms with E-state index in [1.54, 1.807) is 6.92 Å². The van der Waals surface area contributed by atoms with Crippen molar-refractivity contribution in [3.05, 3.63) is 78.0 Å². The molecule has 0 N–H and O–H groups in total. The molecule has 0 radical (unpaired) electrons. The highest BCUT2D eigenvalue weighted by atomic mass is 28.3. The Balaban J connectivity index is 2.00. The first-order chi connectivity index (χ1) is 12.5. The maximum Gasteiger partial charge on any atom is 0.306 e. The molecule has 0 aliphatic heterocycles. The third kappa shape index (κ3) is 6.62. The molecule has 0 fully saturated rings. The third-order valence-corrected chi connectivity index (χ3v) is 7.06. The van der Waals surface area contributed by atoms with Crippen LogP contribution >= 0.6 is 0 Å². The third-order valence-electron chi connectivity index (χ3n) is 4.21. The monoisotopic (exact) mass is 368 g/mol. The summed E-state index contributed by atoms with van der Waals surface area (Å²) in [6.07, 6.45) is 2.00. The zero-order valence-corrected chi connectivity index (χ0v) is 16.9. The Bertz CT molecular complexity index is 696. The summed E-state index contributed by atoms with van der Waals surface area (Å²) in [7, 11) is -1.73. The highest BCUT2D eigenvalue weighted by Crippen LogP contribution is 2.09. The van der Waals surface area contributed by atoms with Gasteiger partial charge in [-0.05, 0) is 11.6 Å². The zero-order valence-electron chi connectivity index (χ0n) is 15.9. The van der Waals surface area contributed by atoms with Gasteiger partial charge >= 0.3 is 5.97 Å². The molecule has 0 saturated heterocycles. The van der Waals surface area contributed by atoms with Crippen molar-refractivity contribution in [2.45, 2.75) is 39.1 Å². The molecule has 2 aromatic rings. The number of carbonyl (C=O) groups excluding carboxylic acids is 1. The number of esters is 1. The number of hydrogen-bond acceptors (Lipinski definition) is 3. The van der Waals surface area contributed by atoms with Crippen LogP contribution < -0.4 is 5.19 Å². The maximum absolute atomic E-state index is 11.7. The Kier molecular flexibility index (Phi) is 7.82. The average molecular weight is 369 g/mol. The summed E-state index contributed by atoms with van der Waals surface area (Å²) in [5.41, 5.74) is 3.33. The second-order valence-corrected chi connectivity index (χ2v) is 11.2. The maximum atomic E-state index is 11.7. The Morgan fingerprint density at radius 3 is 2.27 bits per heavy atom. The van der Waals surface area contributed by atoms with Gasteiger partial charge in [0.2, 0.25) is 0 Å². The van der Waals surface area contributed by atoms with Crippen LogP contribution in [-0.4, -0.2) is 26.8 Å². The summed E-state index contributed by atoms with van der Waals surface area (Å²) < 4.78 is 11.3. The number of benzene rings is 2. The molecule has 4 heteroatoms. The fourth-order valence-electron chi connectivity index (χ4n) is 2.56. The summed E-state index contributed by atoms with van der Waals surface area (Å²) in [5.74, 6) is -0.206. The van der Waals surface area contributed by atoms with E-state index in [9.17, 15) is 4.79 Å². The van der Waals surface area contributed by atoms with E-state index >= 15 is 0 Å². The van der Waals surface area contributed by atoms with Gasteiger partial charge in [0.05, 0.1) is 13.2 Å². The fraction of sp³-hybridized carbons (Fsp3) is 0.318. The molecular weight excluding hydrogens is 340 g/mol. The van der Waals surface area contributed by atoms with Crippen LogP contribution in [0.25, 0.3) is 0 Å². The van der Waals surface area contributed by atoms with Gasteiger partial charge in [-0.3, -0.25) is 4.79 Å². The van der Waals surface area contributed by atoms with Crippen LogP contribution in [-0.2, 0) is 20.9 Å². The molecule has 26 heavy (non-hydrogen) atoms. The first-order valence-electron chi connectivity index (χ1n) is 9.07. The lowest BCUT2D eigenvalue weighted by atomic mass is 10.2. The molecule has 0 spiro atoms. The zero-order chi connectivity index (χ0) is 18.8. The van der Waals surface area contributed by atoms with Crippen LogP contribution in [0.4, 0.5) is 0 Å². The van der Waals surface area contributed by atoms with E-state index in [4.69, 9.17) is 9.47 Å². The van der Waals surface area contributed by atoms with Crippen LogP contribution in [0.1, 0.15) is 18.9 Å². The molecule has 2 rings (SSSR count). The molecule has 0 unspecified atom stereocenters. The molecule has 0 aliphatic rings. The molecule has 1 atom stereocenters. The normalized spacial score (nSPS) is 12.9. The van der Waals surface area contributed by atoms with Crippen molar-refractivity contribution >= 4 is 19.2 Å². The summed E-state index contributed by atoms with van der Waals surface area (Å²) in [5, 5.41) is 1.35. The van der Waals surface area contributed by atoms with Gasteiger partial charge in [0.15, 0.2) is 0 Å². The van der Waals surface area contributed by atoms with Gasteiger partial charge < -0.3 is 9.47 Å². The number of ether oxygens (including phenoxy) is 2. The molecule has 0 amide bonds. The second kappa shape index (κ2) is 10.1. The quantitative estimate of drug-likeness (QED) is 0.491. The highest BCUT2D eigenvalue weighted by molar-refractivity contribution is 6.93. The highest BCUT2D eigenvalue weighted by Gasteiger charge is 2.21. The van der Waals surface area contributed by atoms with Crippen LogP contribution in [0.5, 0.6) is 0 Å². The van der Waals surface area contributed by atoms with Crippen LogP contribution in [0.15, 0.2) is 72.4 Å². The number of hydrogen-bond donors (Lipinski definition) is 0. The molecule has 0 aromatic heterocycles. The van der Waals surface area contributed by atoms with Crippen LogP contribution in [0.2, 0.25) is 13.1 Å². The van der Waals surface area contributed by atoms with Crippen LogP contribution in [0.3, 0.4) is 0 Å². The van der Waals surface area contributed by atoms with Crippen molar-refractivity contribution in [1.29, 1.82) is 0 Å². The largest absolute Gasteiger partial charge is 0.456 e. The Morgan fingerprint density at radius 1 is 1.04 bits per heavy atom. The van der Waals surface area contributed by atoms with Crippen molar-refractivity contribution in [3.8, 4) is 0 Å². The van der Waals surface area contributed by atoms with Gasteiger partial charge in [-0.25, -0.2) is 0 Å². The number of carbonyl (C=O) groups is 1.